The van der Waals surface area contributed by atoms with Gasteiger partial charge in [-0.25, -0.2) is 0 Å². The molecule has 0 radical (unpaired) electrons. The van der Waals surface area contributed by atoms with Gasteiger partial charge in [-0.3, -0.25) is 4.98 Å². The van der Waals surface area contributed by atoms with Gasteiger partial charge in [0.1, 0.15) is 0 Å². The topological polar surface area (TPSA) is 24.9 Å². The first kappa shape index (κ1) is 15.5. The highest BCUT2D eigenvalue weighted by molar-refractivity contribution is 6.33. The van der Waals surface area contributed by atoms with Gasteiger partial charge in [0, 0.05) is 18.3 Å². The molecule has 2 aromatic rings. The Kier molecular flexibility index (Phi) is 3.57. The summed E-state index contributed by atoms with van der Waals surface area (Å²) in [4.78, 5) is 4.02. The second kappa shape index (κ2) is 5.52. The first-order valence-corrected chi connectivity index (χ1v) is 8.07. The summed E-state index contributed by atoms with van der Waals surface area (Å²) in [6.45, 7) is 0. The van der Waals surface area contributed by atoms with E-state index in [1.165, 1.54) is 6.07 Å². The average molecular weight is 351 g/mol. The van der Waals surface area contributed by atoms with Crippen LogP contribution in [0.25, 0.3) is 0 Å². The smallest absolute Gasteiger partial charge is 0.376 e. The van der Waals surface area contributed by atoms with E-state index in [0.29, 0.717) is 10.7 Å². The molecule has 0 amide bonds. The summed E-state index contributed by atoms with van der Waals surface area (Å²) in [6, 6.07) is 6.08. The van der Waals surface area contributed by atoms with Crippen LogP contribution in [0.1, 0.15) is 35.1 Å². The number of rotatable bonds is 1. The minimum Gasteiger partial charge on any atom is -0.376 e. The van der Waals surface area contributed by atoms with E-state index in [0.717, 1.165) is 18.1 Å². The fourth-order valence-electron chi connectivity index (χ4n) is 3.82. The van der Waals surface area contributed by atoms with Crippen molar-refractivity contribution in [1.82, 2.24) is 4.98 Å². The van der Waals surface area contributed by atoms with Gasteiger partial charge in [0.05, 0.1) is 22.3 Å². The van der Waals surface area contributed by atoms with E-state index >= 15 is 0 Å². The standard InChI is InChI=1S/C18H14ClF3N2/c19-14-5-4-13(18(20,21)22)15-11-2-1-3-12(11)16(24-17(14)15)10-6-8-23-9-7-10/h1-2,4-9,11-12,16,24H,3H2/t11-,12+,16+/m1/s1. The molecule has 0 spiro atoms. The third kappa shape index (κ3) is 2.38. The van der Waals surface area contributed by atoms with Crippen molar-refractivity contribution in [2.75, 3.05) is 5.32 Å². The highest BCUT2D eigenvalue weighted by Gasteiger charge is 2.44. The van der Waals surface area contributed by atoms with Gasteiger partial charge in [0.2, 0.25) is 0 Å². The zero-order valence-corrected chi connectivity index (χ0v) is 13.3. The number of hydrogen-bond acceptors (Lipinski definition) is 2. The Labute approximate surface area is 142 Å². The van der Waals surface area contributed by atoms with Gasteiger partial charge in [-0.1, -0.05) is 23.8 Å². The van der Waals surface area contributed by atoms with Crippen molar-refractivity contribution in [2.45, 2.75) is 24.6 Å². The molecule has 0 saturated carbocycles. The van der Waals surface area contributed by atoms with Crippen LogP contribution in [-0.2, 0) is 6.18 Å². The number of anilines is 1. The number of allylic oxidation sites excluding steroid dienone is 2. The number of halogens is 4. The van der Waals surface area contributed by atoms with Gasteiger partial charge in [-0.2, -0.15) is 13.2 Å². The van der Waals surface area contributed by atoms with Crippen molar-refractivity contribution in [3.63, 3.8) is 0 Å². The van der Waals surface area contributed by atoms with Crippen LogP contribution in [0.5, 0.6) is 0 Å². The molecule has 2 heterocycles. The molecule has 1 aliphatic carbocycles. The normalized spacial score (nSPS) is 25.1. The predicted molar refractivity (Wildman–Crippen MR) is 87.0 cm³/mol. The first-order chi connectivity index (χ1) is 11.5. The number of benzene rings is 1. The van der Waals surface area contributed by atoms with Gasteiger partial charge in [-0.05, 0) is 47.7 Å². The summed E-state index contributed by atoms with van der Waals surface area (Å²) in [5.41, 5.74) is 1.05. The Morgan fingerprint density at radius 3 is 2.58 bits per heavy atom. The first-order valence-electron chi connectivity index (χ1n) is 7.69. The van der Waals surface area contributed by atoms with E-state index < -0.39 is 11.7 Å². The lowest BCUT2D eigenvalue weighted by Crippen LogP contribution is -2.31. The van der Waals surface area contributed by atoms with E-state index in [4.69, 9.17) is 11.6 Å². The second-order valence-corrected chi connectivity index (χ2v) is 6.54. The van der Waals surface area contributed by atoms with Crippen LogP contribution in [0, 0.1) is 5.92 Å². The third-order valence-corrected chi connectivity index (χ3v) is 5.15. The fraction of sp³-hybridized carbons (Fsp3) is 0.278. The molecule has 2 nitrogen and oxygen atoms in total. The van der Waals surface area contributed by atoms with E-state index in [1.807, 2.05) is 24.3 Å². The third-order valence-electron chi connectivity index (χ3n) is 4.84. The molecule has 0 unspecified atom stereocenters. The van der Waals surface area contributed by atoms with Crippen LogP contribution in [-0.4, -0.2) is 4.98 Å². The van der Waals surface area contributed by atoms with Crippen LogP contribution in [0.2, 0.25) is 5.02 Å². The minimum atomic E-state index is -4.40. The van der Waals surface area contributed by atoms with E-state index in [9.17, 15) is 13.2 Å². The Hall–Kier alpha value is -2.01. The van der Waals surface area contributed by atoms with Gasteiger partial charge in [0.15, 0.2) is 0 Å². The Bertz CT molecular complexity index is 802. The van der Waals surface area contributed by atoms with Crippen molar-refractivity contribution < 1.29 is 13.2 Å². The van der Waals surface area contributed by atoms with Crippen LogP contribution in [0.4, 0.5) is 18.9 Å². The van der Waals surface area contributed by atoms with Gasteiger partial charge >= 0.3 is 6.18 Å². The number of nitrogens with zero attached hydrogens (tertiary/aromatic N) is 1. The summed E-state index contributed by atoms with van der Waals surface area (Å²) >= 11 is 6.24. The molecule has 1 aromatic heterocycles. The molecular formula is C18H14ClF3N2. The average Bonchev–Trinajstić information content (AvgIpc) is 3.04. The van der Waals surface area contributed by atoms with E-state index in [2.05, 4.69) is 10.3 Å². The number of fused-ring (bicyclic) bond motifs is 3. The zero-order valence-electron chi connectivity index (χ0n) is 12.5. The maximum atomic E-state index is 13.5. The maximum Gasteiger partial charge on any atom is 0.416 e. The Morgan fingerprint density at radius 2 is 1.88 bits per heavy atom. The molecule has 0 fully saturated rings. The number of pyridine rings is 1. The molecule has 2 aliphatic rings. The molecule has 0 saturated heterocycles. The number of aromatic nitrogens is 1. The lowest BCUT2D eigenvalue weighted by atomic mass is 9.75. The molecule has 1 aromatic carbocycles. The molecule has 124 valence electrons. The molecule has 0 bridgehead atoms. The quantitative estimate of drug-likeness (QED) is 0.679. The summed E-state index contributed by atoms with van der Waals surface area (Å²) < 4.78 is 40.4. The summed E-state index contributed by atoms with van der Waals surface area (Å²) in [7, 11) is 0. The van der Waals surface area contributed by atoms with E-state index in [1.54, 1.807) is 12.4 Å². The molecular weight excluding hydrogens is 337 g/mol. The monoisotopic (exact) mass is 350 g/mol. The van der Waals surface area contributed by atoms with Gasteiger partial charge in [0.25, 0.3) is 0 Å². The van der Waals surface area contributed by atoms with Crippen molar-refractivity contribution in [3.8, 4) is 0 Å². The second-order valence-electron chi connectivity index (χ2n) is 6.14. The number of nitrogens with one attached hydrogen (secondary N) is 1. The van der Waals surface area contributed by atoms with Crippen LogP contribution >= 0.6 is 11.6 Å². The summed E-state index contributed by atoms with van der Waals surface area (Å²) in [5.74, 6) is -0.269. The SMILES string of the molecule is FC(F)(F)c1ccc(Cl)c2c1[C@@H]1C=CC[C@@H]1[C@H](c1ccncc1)N2. The van der Waals surface area contributed by atoms with Crippen molar-refractivity contribution in [2.24, 2.45) is 5.92 Å². The minimum absolute atomic E-state index is 0.0273. The van der Waals surface area contributed by atoms with Gasteiger partial charge in [-0.15, -0.1) is 0 Å². The number of hydrogen-bond donors (Lipinski definition) is 1. The molecule has 1 aliphatic heterocycles. The predicted octanol–water partition coefficient (Wildman–Crippen LogP) is 5.58. The van der Waals surface area contributed by atoms with Crippen LogP contribution in [0.3, 0.4) is 0 Å². The molecule has 3 atom stereocenters. The molecule has 6 heteroatoms. The van der Waals surface area contributed by atoms with Crippen molar-refractivity contribution in [3.05, 3.63) is 70.5 Å². The number of alkyl halides is 3. The fourth-order valence-corrected chi connectivity index (χ4v) is 4.04. The Balaban J connectivity index is 1.89. The molecule has 1 N–H and O–H groups in total. The maximum absolute atomic E-state index is 13.5. The zero-order chi connectivity index (χ0) is 16.9. The molecule has 24 heavy (non-hydrogen) atoms. The van der Waals surface area contributed by atoms with Crippen molar-refractivity contribution in [1.29, 1.82) is 0 Å². The van der Waals surface area contributed by atoms with E-state index in [-0.39, 0.29) is 23.4 Å². The lowest BCUT2D eigenvalue weighted by Gasteiger charge is -2.39. The summed E-state index contributed by atoms with van der Waals surface area (Å²) in [6.07, 6.45) is 3.55. The highest BCUT2D eigenvalue weighted by atomic mass is 35.5. The van der Waals surface area contributed by atoms with Crippen molar-refractivity contribution >= 4 is 17.3 Å². The van der Waals surface area contributed by atoms with Crippen LogP contribution in [0.15, 0.2) is 48.8 Å². The van der Waals surface area contributed by atoms with Gasteiger partial charge < -0.3 is 5.32 Å². The van der Waals surface area contributed by atoms with Crippen LogP contribution < -0.4 is 5.32 Å². The summed E-state index contributed by atoms with van der Waals surface area (Å²) in [5, 5.41) is 3.58. The molecule has 4 rings (SSSR count). The Morgan fingerprint density at radius 1 is 1.12 bits per heavy atom. The highest BCUT2D eigenvalue weighted by Crippen LogP contribution is 2.54. The lowest BCUT2D eigenvalue weighted by molar-refractivity contribution is -0.138. The largest absolute Gasteiger partial charge is 0.416 e.